The van der Waals surface area contributed by atoms with Crippen LogP contribution in [0.25, 0.3) is 10.9 Å². The maximum Gasteiger partial charge on any atom is 0.277 e. The summed E-state index contributed by atoms with van der Waals surface area (Å²) in [5, 5.41) is 0.842. The van der Waals surface area contributed by atoms with Crippen molar-refractivity contribution in [3.05, 3.63) is 60.4 Å². The number of benzene rings is 1. The van der Waals surface area contributed by atoms with Crippen molar-refractivity contribution in [3.63, 3.8) is 0 Å². The average molecular weight is 278 g/mol. The van der Waals surface area contributed by atoms with E-state index in [1.807, 2.05) is 30.3 Å². The smallest absolute Gasteiger partial charge is 0.277 e. The number of para-hydroxylation sites is 1. The van der Waals surface area contributed by atoms with Gasteiger partial charge in [-0.1, -0.05) is 24.3 Å². The lowest BCUT2D eigenvalue weighted by Crippen LogP contribution is -2.28. The molecule has 21 heavy (non-hydrogen) atoms. The molecule has 0 unspecified atom stereocenters. The normalized spacial score (nSPS) is 10.5. The van der Waals surface area contributed by atoms with E-state index < -0.39 is 0 Å². The number of fused-ring (bicyclic) bond motifs is 1. The van der Waals surface area contributed by atoms with E-state index in [1.165, 1.54) is 4.90 Å². The quantitative estimate of drug-likeness (QED) is 0.781. The lowest BCUT2D eigenvalue weighted by molar-refractivity contribution is 0.0988. The van der Waals surface area contributed by atoms with Crippen molar-refractivity contribution in [1.29, 1.82) is 0 Å². The van der Waals surface area contributed by atoms with E-state index in [1.54, 1.807) is 31.4 Å². The minimum absolute atomic E-state index is 0.244. The molecule has 1 aromatic carbocycles. The summed E-state index contributed by atoms with van der Waals surface area (Å²) in [6.45, 7) is 0. The number of pyridine rings is 2. The first-order valence-electron chi connectivity index (χ1n) is 6.51. The lowest BCUT2D eigenvalue weighted by Gasteiger charge is -2.16. The molecule has 2 heterocycles. The number of carbonyl (C=O) groups is 1. The van der Waals surface area contributed by atoms with Gasteiger partial charge in [0, 0.05) is 24.3 Å². The number of rotatable bonds is 2. The fourth-order valence-electron chi connectivity index (χ4n) is 2.14. The SMILES string of the molecule is CN(C(=O)c1cc(N)c2ccccc2n1)c1ccccn1. The molecule has 0 aliphatic heterocycles. The Bertz CT molecular complexity index is 802. The summed E-state index contributed by atoms with van der Waals surface area (Å²) in [6, 6.07) is 14.5. The summed E-state index contributed by atoms with van der Waals surface area (Å²) in [6.07, 6.45) is 1.64. The van der Waals surface area contributed by atoms with Crippen LogP contribution < -0.4 is 10.6 Å². The summed E-state index contributed by atoms with van der Waals surface area (Å²) < 4.78 is 0. The molecule has 5 heteroatoms. The molecule has 0 radical (unpaired) electrons. The zero-order valence-corrected chi connectivity index (χ0v) is 11.5. The molecule has 1 amide bonds. The summed E-state index contributed by atoms with van der Waals surface area (Å²) >= 11 is 0. The van der Waals surface area contributed by atoms with Gasteiger partial charge in [0.05, 0.1) is 5.52 Å². The van der Waals surface area contributed by atoms with E-state index in [0.29, 0.717) is 22.7 Å². The number of aromatic nitrogens is 2. The molecule has 0 fully saturated rings. The van der Waals surface area contributed by atoms with E-state index >= 15 is 0 Å². The summed E-state index contributed by atoms with van der Waals surface area (Å²) in [7, 11) is 1.66. The molecule has 0 spiro atoms. The van der Waals surface area contributed by atoms with Gasteiger partial charge in [0.2, 0.25) is 0 Å². The van der Waals surface area contributed by atoms with Crippen LogP contribution in [0.15, 0.2) is 54.7 Å². The van der Waals surface area contributed by atoms with Gasteiger partial charge in [0.25, 0.3) is 5.91 Å². The van der Waals surface area contributed by atoms with Crippen LogP contribution in [0.2, 0.25) is 0 Å². The first-order chi connectivity index (χ1) is 10.2. The molecule has 0 aliphatic carbocycles. The number of anilines is 2. The van der Waals surface area contributed by atoms with Gasteiger partial charge in [0.1, 0.15) is 11.5 Å². The molecule has 3 aromatic rings. The highest BCUT2D eigenvalue weighted by atomic mass is 16.2. The van der Waals surface area contributed by atoms with E-state index in [4.69, 9.17) is 5.73 Å². The van der Waals surface area contributed by atoms with Crippen LogP contribution in [0.5, 0.6) is 0 Å². The number of amides is 1. The Morgan fingerprint density at radius 1 is 1.14 bits per heavy atom. The van der Waals surface area contributed by atoms with Crippen LogP contribution in [0, 0.1) is 0 Å². The maximum absolute atomic E-state index is 12.5. The fourth-order valence-corrected chi connectivity index (χ4v) is 2.14. The van der Waals surface area contributed by atoms with Gasteiger partial charge in [-0.3, -0.25) is 9.69 Å². The molecular weight excluding hydrogens is 264 g/mol. The Labute approximate surface area is 122 Å². The highest BCUT2D eigenvalue weighted by Gasteiger charge is 2.17. The summed E-state index contributed by atoms with van der Waals surface area (Å²) in [5.41, 5.74) is 7.56. The van der Waals surface area contributed by atoms with Crippen LogP contribution >= 0.6 is 0 Å². The van der Waals surface area contributed by atoms with Gasteiger partial charge in [0.15, 0.2) is 0 Å². The predicted molar refractivity (Wildman–Crippen MR) is 83.1 cm³/mol. The molecule has 0 saturated heterocycles. The number of carbonyl (C=O) groups excluding carboxylic acids is 1. The van der Waals surface area contributed by atoms with Crippen LogP contribution in [0.4, 0.5) is 11.5 Å². The van der Waals surface area contributed by atoms with Crippen molar-refractivity contribution in [2.24, 2.45) is 0 Å². The Hall–Kier alpha value is -2.95. The molecule has 0 bridgehead atoms. The summed E-state index contributed by atoms with van der Waals surface area (Å²) in [4.78, 5) is 22.5. The van der Waals surface area contributed by atoms with E-state index in [9.17, 15) is 4.79 Å². The highest BCUT2D eigenvalue weighted by Crippen LogP contribution is 2.21. The van der Waals surface area contributed by atoms with E-state index in [2.05, 4.69) is 9.97 Å². The van der Waals surface area contributed by atoms with Crippen molar-refractivity contribution >= 4 is 28.3 Å². The molecule has 5 nitrogen and oxygen atoms in total. The fraction of sp³-hybridized carbons (Fsp3) is 0.0625. The molecule has 3 rings (SSSR count). The van der Waals surface area contributed by atoms with Gasteiger partial charge < -0.3 is 5.73 Å². The number of hydrogen-bond acceptors (Lipinski definition) is 4. The second kappa shape index (κ2) is 5.20. The van der Waals surface area contributed by atoms with Gasteiger partial charge >= 0.3 is 0 Å². The monoisotopic (exact) mass is 278 g/mol. The minimum atomic E-state index is -0.244. The van der Waals surface area contributed by atoms with Crippen LogP contribution in [-0.4, -0.2) is 22.9 Å². The first kappa shape index (κ1) is 13.1. The van der Waals surface area contributed by atoms with Crippen molar-refractivity contribution in [3.8, 4) is 0 Å². The zero-order chi connectivity index (χ0) is 14.8. The Morgan fingerprint density at radius 2 is 1.90 bits per heavy atom. The van der Waals surface area contributed by atoms with Crippen molar-refractivity contribution in [2.45, 2.75) is 0 Å². The topological polar surface area (TPSA) is 72.1 Å². The Kier molecular flexibility index (Phi) is 3.23. The van der Waals surface area contributed by atoms with Gasteiger partial charge in [-0.2, -0.15) is 0 Å². The highest BCUT2D eigenvalue weighted by molar-refractivity contribution is 6.06. The van der Waals surface area contributed by atoms with Crippen LogP contribution in [0.1, 0.15) is 10.5 Å². The third kappa shape index (κ3) is 2.41. The minimum Gasteiger partial charge on any atom is -0.398 e. The van der Waals surface area contributed by atoms with Crippen LogP contribution in [-0.2, 0) is 0 Å². The second-order valence-corrected chi connectivity index (χ2v) is 4.67. The van der Waals surface area contributed by atoms with Crippen molar-refractivity contribution in [1.82, 2.24) is 9.97 Å². The summed E-state index contributed by atoms with van der Waals surface area (Å²) in [5.74, 6) is 0.321. The second-order valence-electron chi connectivity index (χ2n) is 4.67. The van der Waals surface area contributed by atoms with Gasteiger partial charge in [-0.15, -0.1) is 0 Å². The molecule has 0 saturated carbocycles. The number of nitrogens with two attached hydrogens (primary N) is 1. The van der Waals surface area contributed by atoms with E-state index in [-0.39, 0.29) is 5.91 Å². The number of hydrogen-bond donors (Lipinski definition) is 1. The first-order valence-corrected chi connectivity index (χ1v) is 6.51. The third-order valence-corrected chi connectivity index (χ3v) is 3.26. The third-order valence-electron chi connectivity index (χ3n) is 3.26. The van der Waals surface area contributed by atoms with Crippen molar-refractivity contribution < 1.29 is 4.79 Å². The molecule has 2 N–H and O–H groups in total. The molecular formula is C16H14N4O. The molecule has 2 aromatic heterocycles. The average Bonchev–Trinajstić information content (AvgIpc) is 2.54. The lowest BCUT2D eigenvalue weighted by atomic mass is 10.1. The zero-order valence-electron chi connectivity index (χ0n) is 11.5. The standard InChI is InChI=1S/C16H14N4O/c1-20(15-8-4-5-9-18-15)16(21)14-10-12(17)11-6-2-3-7-13(11)19-14/h2-10H,1H3,(H2,17,19). The molecule has 0 atom stereocenters. The van der Waals surface area contributed by atoms with Crippen molar-refractivity contribution in [2.75, 3.05) is 17.7 Å². The van der Waals surface area contributed by atoms with Gasteiger partial charge in [-0.25, -0.2) is 9.97 Å². The van der Waals surface area contributed by atoms with Crippen LogP contribution in [0.3, 0.4) is 0 Å². The Balaban J connectivity index is 2.02. The van der Waals surface area contributed by atoms with Gasteiger partial charge in [-0.05, 0) is 24.3 Å². The number of nitrogen functional groups attached to an aromatic ring is 1. The largest absolute Gasteiger partial charge is 0.398 e. The molecule has 0 aliphatic rings. The maximum atomic E-state index is 12.5. The predicted octanol–water partition coefficient (Wildman–Crippen LogP) is 2.49. The molecule has 104 valence electrons. The van der Waals surface area contributed by atoms with E-state index in [0.717, 1.165) is 5.39 Å². The Morgan fingerprint density at radius 3 is 2.67 bits per heavy atom. The number of nitrogens with zero attached hydrogens (tertiary/aromatic N) is 3.